The molecule has 0 spiro atoms. The van der Waals surface area contributed by atoms with Crippen LogP contribution in [-0.4, -0.2) is 40.1 Å². The molecule has 35 heavy (non-hydrogen) atoms. The zero-order valence-corrected chi connectivity index (χ0v) is 20.9. The number of rotatable bonds is 7. The van der Waals surface area contributed by atoms with Gasteiger partial charge < -0.3 is 9.64 Å². The van der Waals surface area contributed by atoms with Crippen LogP contribution in [0.3, 0.4) is 0 Å². The third kappa shape index (κ3) is 4.86. The standard InChI is InChI=1S/C28H29N3O3S/c1-19-8-10-21(11-9-19)24-17-35-27-26(24)28(33)30(18-29-27)14-12-25(32)31-13-4-6-22(31)15-20-5-3-7-23(16-20)34-2/h3,5,7-11,16-18,22H,4,6,12-15H2,1-2H3. The predicted octanol–water partition coefficient (Wildman–Crippen LogP) is 5.07. The third-order valence-corrected chi connectivity index (χ3v) is 7.68. The summed E-state index contributed by atoms with van der Waals surface area (Å²) < 4.78 is 6.92. The smallest absolute Gasteiger partial charge is 0.262 e. The zero-order valence-electron chi connectivity index (χ0n) is 20.1. The monoisotopic (exact) mass is 487 g/mol. The van der Waals surface area contributed by atoms with Crippen molar-refractivity contribution in [2.75, 3.05) is 13.7 Å². The van der Waals surface area contributed by atoms with Gasteiger partial charge in [0.15, 0.2) is 0 Å². The normalized spacial score (nSPS) is 15.6. The van der Waals surface area contributed by atoms with E-state index in [1.54, 1.807) is 18.0 Å². The highest BCUT2D eigenvalue weighted by Crippen LogP contribution is 2.31. The summed E-state index contributed by atoms with van der Waals surface area (Å²) >= 11 is 1.48. The number of methoxy groups -OCH3 is 1. The van der Waals surface area contributed by atoms with Crippen molar-refractivity contribution in [1.82, 2.24) is 14.5 Å². The molecule has 1 aliphatic rings. The van der Waals surface area contributed by atoms with E-state index >= 15 is 0 Å². The number of likely N-dealkylation sites (tertiary alicyclic amines) is 1. The van der Waals surface area contributed by atoms with Gasteiger partial charge >= 0.3 is 0 Å². The summed E-state index contributed by atoms with van der Waals surface area (Å²) in [7, 11) is 1.67. The Labute approximate surface area is 208 Å². The maximum atomic E-state index is 13.3. The van der Waals surface area contributed by atoms with Crippen LogP contribution in [0.1, 0.15) is 30.4 Å². The summed E-state index contributed by atoms with van der Waals surface area (Å²) in [5, 5.41) is 2.62. The van der Waals surface area contributed by atoms with E-state index in [1.165, 1.54) is 22.5 Å². The first-order valence-electron chi connectivity index (χ1n) is 12.0. The Balaban J connectivity index is 1.31. The second-order valence-corrected chi connectivity index (χ2v) is 9.99. The van der Waals surface area contributed by atoms with Crippen molar-refractivity contribution < 1.29 is 9.53 Å². The molecule has 2 aromatic carbocycles. The lowest BCUT2D eigenvalue weighted by Crippen LogP contribution is -2.37. The van der Waals surface area contributed by atoms with Gasteiger partial charge in [0, 0.05) is 36.5 Å². The number of hydrogen-bond acceptors (Lipinski definition) is 5. The molecule has 0 N–H and O–H groups in total. The van der Waals surface area contributed by atoms with Gasteiger partial charge in [-0.25, -0.2) is 4.98 Å². The first-order valence-corrected chi connectivity index (χ1v) is 12.9. The van der Waals surface area contributed by atoms with E-state index in [-0.39, 0.29) is 23.9 Å². The third-order valence-electron chi connectivity index (χ3n) is 6.79. The van der Waals surface area contributed by atoms with Crippen LogP contribution >= 0.6 is 11.3 Å². The van der Waals surface area contributed by atoms with Crippen molar-refractivity contribution in [2.45, 2.75) is 45.2 Å². The highest BCUT2D eigenvalue weighted by Gasteiger charge is 2.28. The van der Waals surface area contributed by atoms with Crippen LogP contribution in [0, 0.1) is 6.92 Å². The fourth-order valence-electron chi connectivity index (χ4n) is 4.88. The lowest BCUT2D eigenvalue weighted by atomic mass is 10.0. The first-order chi connectivity index (χ1) is 17.0. The largest absolute Gasteiger partial charge is 0.497 e. The Hall–Kier alpha value is -3.45. The first kappa shape index (κ1) is 23.3. The molecule has 1 saturated heterocycles. The average Bonchev–Trinajstić information content (AvgIpc) is 3.52. The van der Waals surface area contributed by atoms with Gasteiger partial charge in [-0.05, 0) is 49.4 Å². The minimum absolute atomic E-state index is 0.0889. The lowest BCUT2D eigenvalue weighted by molar-refractivity contribution is -0.132. The van der Waals surface area contributed by atoms with Gasteiger partial charge in [-0.3, -0.25) is 14.2 Å². The molecule has 1 amide bonds. The number of ether oxygens (including phenoxy) is 1. The number of aromatic nitrogens is 2. The van der Waals surface area contributed by atoms with Crippen LogP contribution in [0.25, 0.3) is 21.3 Å². The highest BCUT2D eigenvalue weighted by atomic mass is 32.1. The Bertz CT molecular complexity index is 1410. The van der Waals surface area contributed by atoms with Gasteiger partial charge in [0.25, 0.3) is 5.56 Å². The molecule has 2 aromatic heterocycles. The molecule has 6 nitrogen and oxygen atoms in total. The van der Waals surface area contributed by atoms with Gasteiger partial charge in [0.05, 0.1) is 18.8 Å². The number of benzene rings is 2. The van der Waals surface area contributed by atoms with E-state index in [0.717, 1.165) is 47.5 Å². The van der Waals surface area contributed by atoms with Crippen molar-refractivity contribution in [1.29, 1.82) is 0 Å². The Kier molecular flexibility index (Phi) is 6.68. The van der Waals surface area contributed by atoms with E-state index in [2.05, 4.69) is 11.1 Å². The van der Waals surface area contributed by atoms with Crippen LogP contribution < -0.4 is 10.3 Å². The van der Waals surface area contributed by atoms with E-state index in [4.69, 9.17) is 4.74 Å². The minimum atomic E-state index is -0.0889. The van der Waals surface area contributed by atoms with E-state index in [0.29, 0.717) is 11.9 Å². The topological polar surface area (TPSA) is 64.4 Å². The van der Waals surface area contributed by atoms with Gasteiger partial charge in [0.2, 0.25) is 5.91 Å². The number of fused-ring (bicyclic) bond motifs is 1. The summed E-state index contributed by atoms with van der Waals surface area (Å²) in [6.45, 7) is 3.14. The number of aryl methyl sites for hydroxylation is 2. The number of carbonyl (C=O) groups is 1. The molecule has 0 aliphatic carbocycles. The molecule has 7 heteroatoms. The van der Waals surface area contributed by atoms with Gasteiger partial charge in [0.1, 0.15) is 10.6 Å². The molecule has 1 fully saturated rings. The quantitative estimate of drug-likeness (QED) is 0.365. The predicted molar refractivity (Wildman–Crippen MR) is 140 cm³/mol. The SMILES string of the molecule is COc1cccc(CC2CCCN2C(=O)CCn2cnc3scc(-c4ccc(C)cc4)c3c2=O)c1. The Morgan fingerprint density at radius 2 is 2.03 bits per heavy atom. The summed E-state index contributed by atoms with van der Waals surface area (Å²) in [5.74, 6) is 0.922. The molecular weight excluding hydrogens is 458 g/mol. The molecule has 0 saturated carbocycles. The number of nitrogens with zero attached hydrogens (tertiary/aromatic N) is 3. The average molecular weight is 488 g/mol. The summed E-state index contributed by atoms with van der Waals surface area (Å²) in [6, 6.07) is 16.4. The minimum Gasteiger partial charge on any atom is -0.497 e. The van der Waals surface area contributed by atoms with Crippen LogP contribution in [0.5, 0.6) is 5.75 Å². The Morgan fingerprint density at radius 1 is 1.20 bits per heavy atom. The molecule has 5 rings (SSSR count). The maximum absolute atomic E-state index is 13.3. The van der Waals surface area contributed by atoms with E-state index < -0.39 is 0 Å². The van der Waals surface area contributed by atoms with Crippen LogP contribution in [0.15, 0.2) is 65.0 Å². The molecule has 1 aliphatic heterocycles. The van der Waals surface area contributed by atoms with Crippen molar-refractivity contribution >= 4 is 27.5 Å². The van der Waals surface area contributed by atoms with E-state index in [1.807, 2.05) is 59.7 Å². The number of hydrogen-bond donors (Lipinski definition) is 0. The molecular formula is C28H29N3O3S. The number of amides is 1. The second kappa shape index (κ2) is 10.0. The Morgan fingerprint density at radius 3 is 2.83 bits per heavy atom. The maximum Gasteiger partial charge on any atom is 0.262 e. The van der Waals surface area contributed by atoms with Crippen LogP contribution in [0.4, 0.5) is 0 Å². The van der Waals surface area contributed by atoms with Gasteiger partial charge in [-0.15, -0.1) is 11.3 Å². The number of carbonyl (C=O) groups excluding carboxylic acids is 1. The molecule has 180 valence electrons. The molecule has 1 unspecified atom stereocenters. The molecule has 3 heterocycles. The van der Waals surface area contributed by atoms with Gasteiger partial charge in [-0.1, -0.05) is 42.0 Å². The molecule has 0 radical (unpaired) electrons. The van der Waals surface area contributed by atoms with Crippen LogP contribution in [-0.2, 0) is 17.8 Å². The lowest BCUT2D eigenvalue weighted by Gasteiger charge is -2.25. The fourth-order valence-corrected chi connectivity index (χ4v) is 5.79. The van der Waals surface area contributed by atoms with Crippen molar-refractivity contribution in [3.63, 3.8) is 0 Å². The molecule has 4 aromatic rings. The number of thiophene rings is 1. The van der Waals surface area contributed by atoms with Gasteiger partial charge in [-0.2, -0.15) is 0 Å². The zero-order chi connectivity index (χ0) is 24.4. The summed E-state index contributed by atoms with van der Waals surface area (Å²) in [5.41, 5.74) is 4.16. The fraction of sp³-hybridized carbons (Fsp3) is 0.321. The molecule has 0 bridgehead atoms. The van der Waals surface area contributed by atoms with Crippen molar-refractivity contribution in [2.24, 2.45) is 0 Å². The van der Waals surface area contributed by atoms with Crippen molar-refractivity contribution in [3.05, 3.63) is 81.7 Å². The van der Waals surface area contributed by atoms with E-state index in [9.17, 15) is 9.59 Å². The summed E-state index contributed by atoms with van der Waals surface area (Å²) in [6.07, 6.45) is 4.66. The molecule has 1 atom stereocenters. The highest BCUT2D eigenvalue weighted by molar-refractivity contribution is 7.17. The van der Waals surface area contributed by atoms with Crippen LogP contribution in [0.2, 0.25) is 0 Å². The second-order valence-electron chi connectivity index (χ2n) is 9.13. The van der Waals surface area contributed by atoms with Crippen molar-refractivity contribution in [3.8, 4) is 16.9 Å². The summed E-state index contributed by atoms with van der Waals surface area (Å²) in [4.78, 5) is 33.7.